The van der Waals surface area contributed by atoms with Gasteiger partial charge in [-0.3, -0.25) is 4.40 Å². The molecule has 4 heteroatoms. The summed E-state index contributed by atoms with van der Waals surface area (Å²) in [6, 6.07) is 11.4. The molecule has 0 spiro atoms. The molecule has 0 saturated carbocycles. The van der Waals surface area contributed by atoms with Crippen molar-refractivity contribution in [2.75, 3.05) is 5.32 Å². The highest BCUT2D eigenvalue weighted by molar-refractivity contribution is 5.80. The summed E-state index contributed by atoms with van der Waals surface area (Å²) in [5, 5.41) is 13.7. The molecule has 0 amide bonds. The zero-order valence-electron chi connectivity index (χ0n) is 13.4. The standard InChI is InChI=1S/C18H21N3O/c1-12-9-10-21-15(11-12)19-16(17(21)20-18(2,3)4)13-7-5-6-8-14(13)22/h5-11,20,22H,1-4H3. The van der Waals surface area contributed by atoms with E-state index in [4.69, 9.17) is 4.98 Å². The van der Waals surface area contributed by atoms with Gasteiger partial charge in [-0.25, -0.2) is 4.98 Å². The highest BCUT2D eigenvalue weighted by Crippen LogP contribution is 2.35. The first-order chi connectivity index (χ1) is 10.3. The zero-order valence-corrected chi connectivity index (χ0v) is 13.4. The molecule has 0 fully saturated rings. The number of anilines is 1. The van der Waals surface area contributed by atoms with E-state index in [1.54, 1.807) is 6.07 Å². The number of nitrogens with one attached hydrogen (secondary N) is 1. The van der Waals surface area contributed by atoms with Gasteiger partial charge in [-0.1, -0.05) is 12.1 Å². The minimum Gasteiger partial charge on any atom is -0.507 e. The molecular formula is C18H21N3O. The predicted molar refractivity (Wildman–Crippen MR) is 90.4 cm³/mol. The molecular weight excluding hydrogens is 274 g/mol. The van der Waals surface area contributed by atoms with Gasteiger partial charge in [-0.15, -0.1) is 0 Å². The van der Waals surface area contributed by atoms with Crippen LogP contribution in [0.3, 0.4) is 0 Å². The monoisotopic (exact) mass is 295 g/mol. The molecule has 0 saturated heterocycles. The van der Waals surface area contributed by atoms with Crippen LogP contribution in [-0.2, 0) is 0 Å². The maximum Gasteiger partial charge on any atom is 0.139 e. The summed E-state index contributed by atoms with van der Waals surface area (Å²) in [6.45, 7) is 8.37. The lowest BCUT2D eigenvalue weighted by Crippen LogP contribution is -2.27. The Hall–Kier alpha value is -2.49. The van der Waals surface area contributed by atoms with Crippen LogP contribution in [0.15, 0.2) is 42.6 Å². The van der Waals surface area contributed by atoms with E-state index in [2.05, 4.69) is 32.2 Å². The molecule has 2 heterocycles. The quantitative estimate of drug-likeness (QED) is 0.744. The molecule has 0 atom stereocenters. The lowest BCUT2D eigenvalue weighted by atomic mass is 10.1. The molecule has 3 aromatic rings. The van der Waals surface area contributed by atoms with Crippen molar-refractivity contribution in [1.29, 1.82) is 0 Å². The van der Waals surface area contributed by atoms with E-state index in [1.165, 1.54) is 0 Å². The molecule has 0 radical (unpaired) electrons. The van der Waals surface area contributed by atoms with Crippen LogP contribution in [0.2, 0.25) is 0 Å². The number of hydrogen-bond acceptors (Lipinski definition) is 3. The average Bonchev–Trinajstić information content (AvgIpc) is 2.75. The molecule has 4 nitrogen and oxygen atoms in total. The van der Waals surface area contributed by atoms with Gasteiger partial charge in [-0.05, 0) is 57.5 Å². The molecule has 114 valence electrons. The van der Waals surface area contributed by atoms with E-state index in [0.717, 1.165) is 28.3 Å². The molecule has 0 bridgehead atoms. The van der Waals surface area contributed by atoms with E-state index in [9.17, 15) is 5.11 Å². The molecule has 2 N–H and O–H groups in total. The Morgan fingerprint density at radius 1 is 1.14 bits per heavy atom. The van der Waals surface area contributed by atoms with Crippen LogP contribution in [0.25, 0.3) is 16.9 Å². The Morgan fingerprint density at radius 2 is 1.86 bits per heavy atom. The lowest BCUT2D eigenvalue weighted by molar-refractivity contribution is 0.477. The lowest BCUT2D eigenvalue weighted by Gasteiger charge is -2.22. The summed E-state index contributed by atoms with van der Waals surface area (Å²) in [7, 11) is 0. The Balaban J connectivity index is 2.28. The molecule has 1 aromatic carbocycles. The third-order valence-electron chi connectivity index (χ3n) is 3.43. The summed E-state index contributed by atoms with van der Waals surface area (Å²) >= 11 is 0. The molecule has 0 unspecified atom stereocenters. The van der Waals surface area contributed by atoms with Crippen LogP contribution in [0.4, 0.5) is 5.82 Å². The molecule has 3 rings (SSSR count). The van der Waals surface area contributed by atoms with Gasteiger partial charge >= 0.3 is 0 Å². The number of aromatic hydroxyl groups is 1. The first-order valence-corrected chi connectivity index (χ1v) is 7.40. The molecule has 2 aromatic heterocycles. The van der Waals surface area contributed by atoms with Crippen LogP contribution >= 0.6 is 0 Å². The van der Waals surface area contributed by atoms with Gasteiger partial charge in [0, 0.05) is 17.3 Å². The molecule has 0 aliphatic heterocycles. The number of fused-ring (bicyclic) bond motifs is 1. The molecule has 22 heavy (non-hydrogen) atoms. The van der Waals surface area contributed by atoms with Crippen molar-refractivity contribution in [3.8, 4) is 17.0 Å². The number of hydrogen-bond donors (Lipinski definition) is 2. The normalized spacial score (nSPS) is 11.8. The number of pyridine rings is 1. The van der Waals surface area contributed by atoms with E-state index in [-0.39, 0.29) is 11.3 Å². The number of benzene rings is 1. The van der Waals surface area contributed by atoms with Gasteiger partial charge in [0.1, 0.15) is 22.9 Å². The minimum atomic E-state index is -0.111. The van der Waals surface area contributed by atoms with Gasteiger partial charge in [0.2, 0.25) is 0 Å². The number of rotatable bonds is 2. The second kappa shape index (κ2) is 5.05. The highest BCUT2D eigenvalue weighted by atomic mass is 16.3. The first-order valence-electron chi connectivity index (χ1n) is 7.40. The number of para-hydroxylation sites is 1. The number of aromatic nitrogens is 2. The van der Waals surface area contributed by atoms with Crippen LogP contribution in [-0.4, -0.2) is 20.0 Å². The van der Waals surface area contributed by atoms with Gasteiger partial charge < -0.3 is 10.4 Å². The largest absolute Gasteiger partial charge is 0.507 e. The van der Waals surface area contributed by atoms with Gasteiger partial charge in [0.25, 0.3) is 0 Å². The van der Waals surface area contributed by atoms with Gasteiger partial charge in [-0.2, -0.15) is 0 Å². The number of nitrogens with zero attached hydrogens (tertiary/aromatic N) is 2. The van der Waals surface area contributed by atoms with E-state index in [1.807, 2.05) is 41.8 Å². The van der Waals surface area contributed by atoms with E-state index < -0.39 is 0 Å². The average molecular weight is 295 g/mol. The van der Waals surface area contributed by atoms with Crippen LogP contribution < -0.4 is 5.32 Å². The second-order valence-electron chi connectivity index (χ2n) is 6.63. The van der Waals surface area contributed by atoms with Crippen molar-refractivity contribution in [2.45, 2.75) is 33.2 Å². The van der Waals surface area contributed by atoms with Crippen LogP contribution in [0, 0.1) is 6.92 Å². The summed E-state index contributed by atoms with van der Waals surface area (Å²) in [5.74, 6) is 1.13. The number of aryl methyl sites for hydroxylation is 1. The fourth-order valence-electron chi connectivity index (χ4n) is 2.48. The third kappa shape index (κ3) is 2.64. The van der Waals surface area contributed by atoms with Crippen LogP contribution in [0.1, 0.15) is 26.3 Å². The first kappa shape index (κ1) is 14.4. The van der Waals surface area contributed by atoms with Crippen molar-refractivity contribution in [2.24, 2.45) is 0 Å². The second-order valence-corrected chi connectivity index (χ2v) is 6.63. The van der Waals surface area contributed by atoms with Crippen molar-refractivity contribution in [1.82, 2.24) is 9.38 Å². The Bertz CT molecular complexity index is 828. The summed E-state index contributed by atoms with van der Waals surface area (Å²) in [6.07, 6.45) is 2.01. The van der Waals surface area contributed by atoms with Crippen LogP contribution in [0.5, 0.6) is 5.75 Å². The fourth-order valence-corrected chi connectivity index (χ4v) is 2.48. The number of phenolic OH excluding ortho intramolecular Hbond substituents is 1. The minimum absolute atomic E-state index is 0.111. The summed E-state index contributed by atoms with van der Waals surface area (Å²) in [5.41, 5.74) is 3.41. The van der Waals surface area contributed by atoms with Crippen molar-refractivity contribution >= 4 is 11.5 Å². The van der Waals surface area contributed by atoms with Crippen molar-refractivity contribution in [3.63, 3.8) is 0 Å². The smallest absolute Gasteiger partial charge is 0.139 e. The van der Waals surface area contributed by atoms with Crippen molar-refractivity contribution < 1.29 is 5.11 Å². The Morgan fingerprint density at radius 3 is 2.55 bits per heavy atom. The summed E-state index contributed by atoms with van der Waals surface area (Å²) < 4.78 is 2.03. The molecule has 0 aliphatic rings. The predicted octanol–water partition coefficient (Wildman–Crippen LogP) is 4.23. The third-order valence-corrected chi connectivity index (χ3v) is 3.43. The fraction of sp³-hybridized carbons (Fsp3) is 0.278. The highest BCUT2D eigenvalue weighted by Gasteiger charge is 2.20. The SMILES string of the molecule is Cc1ccn2c(NC(C)(C)C)c(-c3ccccc3O)nc2c1. The maximum atomic E-state index is 10.2. The zero-order chi connectivity index (χ0) is 15.9. The van der Waals surface area contributed by atoms with E-state index in [0.29, 0.717) is 0 Å². The van der Waals surface area contributed by atoms with E-state index >= 15 is 0 Å². The summed E-state index contributed by atoms with van der Waals surface area (Å²) in [4.78, 5) is 4.73. The van der Waals surface area contributed by atoms with Gasteiger partial charge in [0.15, 0.2) is 0 Å². The number of phenols is 1. The maximum absolute atomic E-state index is 10.2. The molecule has 0 aliphatic carbocycles. The number of imidazole rings is 1. The topological polar surface area (TPSA) is 49.6 Å². The Kier molecular flexibility index (Phi) is 3.32. The Labute approximate surface area is 130 Å². The van der Waals surface area contributed by atoms with Crippen molar-refractivity contribution in [3.05, 3.63) is 48.2 Å². The van der Waals surface area contributed by atoms with Gasteiger partial charge in [0.05, 0.1) is 0 Å².